The molecule has 0 radical (unpaired) electrons. The van der Waals surface area contributed by atoms with Crippen LogP contribution in [0.3, 0.4) is 0 Å². The topological polar surface area (TPSA) is 47.9 Å². The van der Waals surface area contributed by atoms with Gasteiger partial charge in [0.25, 0.3) is 5.60 Å². The summed E-state index contributed by atoms with van der Waals surface area (Å²) in [5.41, 5.74) is -0.0152. The van der Waals surface area contributed by atoms with Gasteiger partial charge in [-0.3, -0.25) is 0 Å². The summed E-state index contributed by atoms with van der Waals surface area (Å²) in [6.07, 6.45) is 1.60. The third-order valence-corrected chi connectivity index (χ3v) is 3.24. The Hall–Kier alpha value is -1.52. The fraction of sp³-hybridized carbons (Fsp3) is 0.231. The van der Waals surface area contributed by atoms with E-state index in [0.29, 0.717) is 21.3 Å². The lowest BCUT2D eigenvalue weighted by molar-refractivity contribution is -0.160. The lowest BCUT2D eigenvalue weighted by Crippen LogP contribution is -2.37. The van der Waals surface area contributed by atoms with Crippen molar-refractivity contribution in [3.8, 4) is 0 Å². The molecule has 19 heavy (non-hydrogen) atoms. The first-order chi connectivity index (χ1) is 9.00. The van der Waals surface area contributed by atoms with E-state index in [1.165, 1.54) is 13.2 Å². The highest BCUT2D eigenvalue weighted by Gasteiger charge is 2.45. The number of esters is 1. The molecule has 0 aliphatic carbocycles. The maximum atomic E-state index is 11.7. The maximum Gasteiger partial charge on any atom is 0.357 e. The van der Waals surface area contributed by atoms with Gasteiger partial charge in [-0.2, -0.15) is 0 Å². The molecule has 1 aliphatic rings. The van der Waals surface area contributed by atoms with Crippen LogP contribution < -0.4 is 0 Å². The van der Waals surface area contributed by atoms with Gasteiger partial charge in [-0.1, -0.05) is 34.9 Å². The van der Waals surface area contributed by atoms with Gasteiger partial charge >= 0.3 is 5.97 Å². The number of hydrogen-bond acceptors (Lipinski definition) is 4. The first-order valence-electron chi connectivity index (χ1n) is 5.44. The van der Waals surface area contributed by atoms with Crippen LogP contribution in [0.2, 0.25) is 10.0 Å². The van der Waals surface area contributed by atoms with Gasteiger partial charge in [-0.05, 0) is 24.3 Å². The van der Waals surface area contributed by atoms with Gasteiger partial charge < -0.3 is 9.57 Å². The molecule has 0 aromatic heterocycles. The molecule has 6 heteroatoms. The van der Waals surface area contributed by atoms with Gasteiger partial charge in [-0.25, -0.2) is 4.79 Å². The zero-order valence-corrected chi connectivity index (χ0v) is 11.7. The molecule has 0 N–H and O–H groups in total. The summed E-state index contributed by atoms with van der Waals surface area (Å²) < 4.78 is 4.70. The normalized spacial score (nSPS) is 21.5. The highest BCUT2D eigenvalue weighted by molar-refractivity contribution is 6.35. The number of carbonyl (C=O) groups is 1. The second-order valence-electron chi connectivity index (χ2n) is 4.05. The van der Waals surface area contributed by atoms with E-state index in [9.17, 15) is 4.79 Å². The Kier molecular flexibility index (Phi) is 3.83. The number of hydrogen-bond donors (Lipinski definition) is 0. The van der Waals surface area contributed by atoms with Gasteiger partial charge in [0.1, 0.15) is 0 Å². The number of benzene rings is 1. The predicted molar refractivity (Wildman–Crippen MR) is 73.6 cm³/mol. The summed E-state index contributed by atoms with van der Waals surface area (Å²) in [6, 6.07) is 5.02. The van der Waals surface area contributed by atoms with Crippen molar-refractivity contribution in [1.82, 2.24) is 0 Å². The minimum absolute atomic E-state index is 0.222. The molecule has 4 nitrogen and oxygen atoms in total. The number of oxime groups is 1. The molecule has 1 atom stereocenters. The molecule has 0 saturated carbocycles. The minimum atomic E-state index is -1.28. The van der Waals surface area contributed by atoms with Gasteiger partial charge in [-0.15, -0.1) is 0 Å². The lowest BCUT2D eigenvalue weighted by Gasteiger charge is -2.18. The third kappa shape index (κ3) is 2.60. The molecule has 1 aliphatic heterocycles. The predicted octanol–water partition coefficient (Wildman–Crippen LogP) is 3.22. The molecule has 0 amide bonds. The number of methoxy groups -OCH3 is 1. The van der Waals surface area contributed by atoms with E-state index in [1.54, 1.807) is 18.2 Å². The standard InChI is InChI=1S/C13H11Cl2NO3/c1-3-13(12(17)18-2)7-11(16-19-13)8-4-9(14)6-10(15)5-8/h3-6H,1,7H2,2H3. The van der Waals surface area contributed by atoms with Gasteiger partial charge in [0.2, 0.25) is 0 Å². The quantitative estimate of drug-likeness (QED) is 0.636. The zero-order valence-electron chi connectivity index (χ0n) is 10.2. The number of rotatable bonds is 3. The van der Waals surface area contributed by atoms with Crippen LogP contribution in [0.4, 0.5) is 0 Å². The second kappa shape index (κ2) is 5.23. The van der Waals surface area contributed by atoms with Crippen LogP contribution >= 0.6 is 23.2 Å². The van der Waals surface area contributed by atoms with Crippen molar-refractivity contribution in [3.05, 3.63) is 46.5 Å². The van der Waals surface area contributed by atoms with Gasteiger partial charge in [0.05, 0.1) is 19.2 Å². The van der Waals surface area contributed by atoms with E-state index >= 15 is 0 Å². The average molecular weight is 300 g/mol. The van der Waals surface area contributed by atoms with Crippen LogP contribution in [0.5, 0.6) is 0 Å². The van der Waals surface area contributed by atoms with Crippen LogP contribution in [0.25, 0.3) is 0 Å². The monoisotopic (exact) mass is 299 g/mol. The number of halogens is 2. The van der Waals surface area contributed by atoms with Crippen molar-refractivity contribution in [2.75, 3.05) is 7.11 Å². The van der Waals surface area contributed by atoms with E-state index in [1.807, 2.05) is 0 Å². The summed E-state index contributed by atoms with van der Waals surface area (Å²) in [5.74, 6) is -0.547. The zero-order chi connectivity index (χ0) is 14.0. The van der Waals surface area contributed by atoms with Crippen molar-refractivity contribution in [1.29, 1.82) is 0 Å². The molecule has 1 unspecified atom stereocenters. The lowest BCUT2D eigenvalue weighted by atomic mass is 9.94. The molecule has 0 bridgehead atoms. The highest BCUT2D eigenvalue weighted by atomic mass is 35.5. The molecule has 1 aromatic rings. The largest absolute Gasteiger partial charge is 0.466 e. The molecule has 100 valence electrons. The summed E-state index contributed by atoms with van der Waals surface area (Å²) >= 11 is 11.9. The van der Waals surface area contributed by atoms with Crippen LogP contribution in [0.15, 0.2) is 36.0 Å². The Bertz CT molecular complexity index is 551. The summed E-state index contributed by atoms with van der Waals surface area (Å²) in [5, 5.41) is 4.88. The molecule has 0 saturated heterocycles. The van der Waals surface area contributed by atoms with Crippen molar-refractivity contribution in [2.45, 2.75) is 12.0 Å². The minimum Gasteiger partial charge on any atom is -0.466 e. The van der Waals surface area contributed by atoms with E-state index < -0.39 is 11.6 Å². The van der Waals surface area contributed by atoms with Crippen LogP contribution in [-0.4, -0.2) is 24.4 Å². The van der Waals surface area contributed by atoms with Crippen LogP contribution in [0.1, 0.15) is 12.0 Å². The SMILES string of the molecule is C=CC1(C(=O)OC)CC(c2cc(Cl)cc(Cl)c2)=NO1. The van der Waals surface area contributed by atoms with E-state index in [4.69, 9.17) is 32.8 Å². The molecular weight excluding hydrogens is 289 g/mol. The average Bonchev–Trinajstić information content (AvgIpc) is 2.82. The summed E-state index contributed by atoms with van der Waals surface area (Å²) in [4.78, 5) is 16.9. The van der Waals surface area contributed by atoms with E-state index in [2.05, 4.69) is 11.7 Å². The van der Waals surface area contributed by atoms with Crippen molar-refractivity contribution in [2.24, 2.45) is 5.16 Å². The Labute approximate surface area is 120 Å². The fourth-order valence-electron chi connectivity index (χ4n) is 1.80. The molecule has 1 aromatic carbocycles. The summed E-state index contributed by atoms with van der Waals surface area (Å²) in [7, 11) is 1.28. The van der Waals surface area contributed by atoms with Crippen LogP contribution in [0, 0.1) is 0 Å². The van der Waals surface area contributed by atoms with E-state index in [-0.39, 0.29) is 6.42 Å². The summed E-state index contributed by atoms with van der Waals surface area (Å²) in [6.45, 7) is 3.60. The molecule has 1 heterocycles. The molecule has 2 rings (SSSR count). The molecular formula is C13H11Cl2NO3. The van der Waals surface area contributed by atoms with Crippen molar-refractivity contribution >= 4 is 34.9 Å². The Morgan fingerprint density at radius 1 is 1.47 bits per heavy atom. The number of nitrogens with zero attached hydrogens (tertiary/aromatic N) is 1. The Morgan fingerprint density at radius 2 is 2.11 bits per heavy atom. The highest BCUT2D eigenvalue weighted by Crippen LogP contribution is 2.31. The maximum absolute atomic E-state index is 11.7. The third-order valence-electron chi connectivity index (χ3n) is 2.81. The van der Waals surface area contributed by atoms with Gasteiger partial charge in [0.15, 0.2) is 0 Å². The Balaban J connectivity index is 2.30. The van der Waals surface area contributed by atoms with Crippen molar-refractivity contribution in [3.63, 3.8) is 0 Å². The second-order valence-corrected chi connectivity index (χ2v) is 4.92. The molecule has 0 spiro atoms. The van der Waals surface area contributed by atoms with Gasteiger partial charge in [0, 0.05) is 15.6 Å². The number of carbonyl (C=O) groups excluding carboxylic acids is 1. The van der Waals surface area contributed by atoms with Crippen LogP contribution in [-0.2, 0) is 14.4 Å². The van der Waals surface area contributed by atoms with Crippen molar-refractivity contribution < 1.29 is 14.4 Å². The van der Waals surface area contributed by atoms with E-state index in [0.717, 1.165) is 0 Å². The molecule has 0 fully saturated rings. The fourth-order valence-corrected chi connectivity index (χ4v) is 2.33. The smallest absolute Gasteiger partial charge is 0.357 e. The first-order valence-corrected chi connectivity index (χ1v) is 6.20. The first kappa shape index (κ1) is 13.9. The Morgan fingerprint density at radius 3 is 2.63 bits per heavy atom. The number of ether oxygens (including phenoxy) is 1.